The van der Waals surface area contributed by atoms with E-state index < -0.39 is 72.6 Å². The van der Waals surface area contributed by atoms with Crippen LogP contribution in [-0.4, -0.2) is 99.1 Å². The number of hydrogen-bond acceptors (Lipinski definition) is 8. The maximum atomic E-state index is 13.2. The number of rotatable bonds is 15. The molecule has 0 aromatic carbocycles. The predicted molar refractivity (Wildman–Crippen MR) is 123 cm³/mol. The summed E-state index contributed by atoms with van der Waals surface area (Å²) in [5.74, 6) is -6.47. The highest BCUT2D eigenvalue weighted by Crippen LogP contribution is 2.20. The van der Waals surface area contributed by atoms with Crippen molar-refractivity contribution in [1.82, 2.24) is 15.5 Å². The minimum Gasteiger partial charge on any atom is -0.481 e. The van der Waals surface area contributed by atoms with Gasteiger partial charge in [0, 0.05) is 19.5 Å². The van der Waals surface area contributed by atoms with Crippen molar-refractivity contribution < 1.29 is 44.1 Å². The molecule has 0 spiro atoms. The summed E-state index contributed by atoms with van der Waals surface area (Å²) in [6.45, 7) is 0.269. The molecule has 1 rings (SSSR count). The van der Waals surface area contributed by atoms with Crippen molar-refractivity contribution in [3.63, 3.8) is 0 Å². The van der Waals surface area contributed by atoms with Gasteiger partial charge in [-0.2, -0.15) is 0 Å². The van der Waals surface area contributed by atoms with Crippen LogP contribution in [0.5, 0.6) is 0 Å². The first-order valence-corrected chi connectivity index (χ1v) is 11.2. The summed E-state index contributed by atoms with van der Waals surface area (Å²) in [6, 6.07) is -5.16. The van der Waals surface area contributed by atoms with Gasteiger partial charge in [0.1, 0.15) is 18.1 Å². The molecular weight excluding hydrogens is 482 g/mol. The van der Waals surface area contributed by atoms with Crippen LogP contribution in [-0.2, 0) is 28.8 Å². The summed E-state index contributed by atoms with van der Waals surface area (Å²) in [5, 5.41) is 31.9. The molecule has 1 fully saturated rings. The van der Waals surface area contributed by atoms with Crippen LogP contribution in [0.15, 0.2) is 4.99 Å². The van der Waals surface area contributed by atoms with Gasteiger partial charge in [-0.25, -0.2) is 4.79 Å². The number of nitrogens with two attached hydrogens (primary N) is 3. The standard InChI is InChI=1S/C20H33N7O9/c21-10(9-15(30)31)16(32)25-11(5-6-14(28)29)18(34)27-8-2-4-13(27)17(33)26-12(19(35)36)3-1-7-24-20(22)23/h10-13H,1-9,21H2,(H,25,32)(H,26,33)(H,28,29)(H,30,31)(H,35,36)(H4,22,23,24). The first-order valence-electron chi connectivity index (χ1n) is 11.2. The SMILES string of the molecule is NC(N)=NCCCC(NC(=O)C1CCCN1C(=O)C(CCC(=O)O)NC(=O)C(N)CC(=O)O)C(=O)O. The third-order valence-corrected chi connectivity index (χ3v) is 5.39. The summed E-state index contributed by atoms with van der Waals surface area (Å²) < 4.78 is 0. The Morgan fingerprint density at radius 2 is 1.64 bits per heavy atom. The lowest BCUT2D eigenvalue weighted by molar-refractivity contribution is -0.145. The summed E-state index contributed by atoms with van der Waals surface area (Å²) >= 11 is 0. The summed E-state index contributed by atoms with van der Waals surface area (Å²) in [5.41, 5.74) is 16.0. The molecule has 4 unspecified atom stereocenters. The van der Waals surface area contributed by atoms with Gasteiger partial charge in [-0.3, -0.25) is 29.0 Å². The molecule has 0 aliphatic carbocycles. The Kier molecular flexibility index (Phi) is 12.1. The predicted octanol–water partition coefficient (Wildman–Crippen LogP) is -3.25. The van der Waals surface area contributed by atoms with Crippen LogP contribution in [0.2, 0.25) is 0 Å². The van der Waals surface area contributed by atoms with E-state index in [4.69, 9.17) is 27.4 Å². The molecule has 0 aromatic rings. The molecule has 1 aliphatic rings. The van der Waals surface area contributed by atoms with Gasteiger partial charge in [0.05, 0.1) is 12.5 Å². The number of aliphatic carboxylic acids is 3. The monoisotopic (exact) mass is 515 g/mol. The second-order valence-corrected chi connectivity index (χ2v) is 8.24. The highest BCUT2D eigenvalue weighted by Gasteiger charge is 2.39. The van der Waals surface area contributed by atoms with Crippen molar-refractivity contribution in [2.75, 3.05) is 13.1 Å². The molecule has 4 atom stereocenters. The minimum absolute atomic E-state index is 0.0251. The van der Waals surface area contributed by atoms with Crippen LogP contribution in [0.1, 0.15) is 44.9 Å². The Morgan fingerprint density at radius 1 is 0.972 bits per heavy atom. The number of carboxylic acids is 3. The highest BCUT2D eigenvalue weighted by atomic mass is 16.4. The van der Waals surface area contributed by atoms with Gasteiger partial charge < -0.3 is 48.1 Å². The molecule has 202 valence electrons. The Labute approximate surface area is 206 Å². The third-order valence-electron chi connectivity index (χ3n) is 5.39. The van der Waals surface area contributed by atoms with Crippen LogP contribution in [0.25, 0.3) is 0 Å². The van der Waals surface area contributed by atoms with E-state index >= 15 is 0 Å². The molecular formula is C20H33N7O9. The minimum atomic E-state index is -1.48. The van der Waals surface area contributed by atoms with E-state index in [2.05, 4.69) is 15.6 Å². The van der Waals surface area contributed by atoms with Crippen LogP contribution < -0.4 is 27.8 Å². The van der Waals surface area contributed by atoms with Crippen LogP contribution in [0.3, 0.4) is 0 Å². The fourth-order valence-electron chi connectivity index (χ4n) is 3.62. The van der Waals surface area contributed by atoms with Crippen molar-refractivity contribution >= 4 is 41.6 Å². The lowest BCUT2D eigenvalue weighted by atomic mass is 10.1. The van der Waals surface area contributed by atoms with E-state index in [1.54, 1.807) is 0 Å². The molecule has 0 bridgehead atoms. The van der Waals surface area contributed by atoms with Gasteiger partial charge >= 0.3 is 17.9 Å². The Morgan fingerprint density at radius 3 is 2.19 bits per heavy atom. The zero-order valence-corrected chi connectivity index (χ0v) is 19.6. The van der Waals surface area contributed by atoms with E-state index in [9.17, 15) is 33.9 Å². The average Bonchev–Trinajstić information content (AvgIpc) is 3.27. The van der Waals surface area contributed by atoms with Crippen LogP contribution in [0, 0.1) is 0 Å². The van der Waals surface area contributed by atoms with E-state index in [0.29, 0.717) is 6.42 Å². The Hall–Kier alpha value is -3.95. The fourth-order valence-corrected chi connectivity index (χ4v) is 3.62. The number of likely N-dealkylation sites (tertiary alicyclic amines) is 1. The number of carbonyl (C=O) groups excluding carboxylic acids is 3. The Balaban J connectivity index is 2.93. The van der Waals surface area contributed by atoms with Gasteiger partial charge in [-0.1, -0.05) is 0 Å². The lowest BCUT2D eigenvalue weighted by Crippen LogP contribution is -2.57. The molecule has 0 aromatic heterocycles. The maximum Gasteiger partial charge on any atom is 0.326 e. The van der Waals surface area contributed by atoms with Crippen LogP contribution >= 0.6 is 0 Å². The topological polar surface area (TPSA) is 281 Å². The fraction of sp³-hybridized carbons (Fsp3) is 0.650. The molecule has 0 radical (unpaired) electrons. The molecule has 1 heterocycles. The number of guanidine groups is 1. The average molecular weight is 516 g/mol. The molecule has 1 aliphatic heterocycles. The van der Waals surface area contributed by atoms with Gasteiger partial charge in [-0.05, 0) is 32.1 Å². The highest BCUT2D eigenvalue weighted by molar-refractivity contribution is 5.95. The zero-order valence-electron chi connectivity index (χ0n) is 19.6. The number of aliphatic imine (C=N–C) groups is 1. The summed E-state index contributed by atoms with van der Waals surface area (Å²) in [4.78, 5) is 76.6. The molecule has 16 heteroatoms. The zero-order chi connectivity index (χ0) is 27.4. The van der Waals surface area contributed by atoms with E-state index in [1.807, 2.05) is 0 Å². The summed E-state index contributed by atoms with van der Waals surface area (Å²) in [6.07, 6.45) is -0.612. The number of hydrogen-bond donors (Lipinski definition) is 8. The molecule has 36 heavy (non-hydrogen) atoms. The smallest absolute Gasteiger partial charge is 0.326 e. The van der Waals surface area contributed by atoms with Crippen molar-refractivity contribution in [3.8, 4) is 0 Å². The normalized spacial score (nSPS) is 17.4. The first kappa shape index (κ1) is 30.1. The van der Waals surface area contributed by atoms with Crippen LogP contribution in [0.4, 0.5) is 0 Å². The molecule has 11 N–H and O–H groups in total. The number of amides is 3. The second-order valence-electron chi connectivity index (χ2n) is 8.24. The quantitative estimate of drug-likeness (QED) is 0.0606. The van der Waals surface area contributed by atoms with Gasteiger partial charge in [0.25, 0.3) is 0 Å². The van der Waals surface area contributed by atoms with Gasteiger partial charge in [0.15, 0.2) is 5.96 Å². The van der Waals surface area contributed by atoms with Crippen molar-refractivity contribution in [2.45, 2.75) is 69.1 Å². The van der Waals surface area contributed by atoms with E-state index in [1.165, 1.54) is 0 Å². The van der Waals surface area contributed by atoms with Crippen molar-refractivity contribution in [2.24, 2.45) is 22.2 Å². The van der Waals surface area contributed by atoms with Crippen molar-refractivity contribution in [3.05, 3.63) is 0 Å². The van der Waals surface area contributed by atoms with E-state index in [0.717, 1.165) is 4.90 Å². The number of nitrogens with zero attached hydrogens (tertiary/aromatic N) is 2. The third kappa shape index (κ3) is 10.1. The largest absolute Gasteiger partial charge is 0.481 e. The number of carboxylic acid groups (broad SMARTS) is 3. The lowest BCUT2D eigenvalue weighted by Gasteiger charge is -2.29. The van der Waals surface area contributed by atoms with Crippen molar-refractivity contribution in [1.29, 1.82) is 0 Å². The molecule has 16 nitrogen and oxygen atoms in total. The second kappa shape index (κ2) is 14.4. The maximum absolute atomic E-state index is 13.2. The number of nitrogens with one attached hydrogen (secondary N) is 2. The molecule has 0 saturated carbocycles. The molecule has 1 saturated heterocycles. The summed E-state index contributed by atoms with van der Waals surface area (Å²) in [7, 11) is 0. The van der Waals surface area contributed by atoms with Gasteiger partial charge in [-0.15, -0.1) is 0 Å². The first-order chi connectivity index (χ1) is 16.8. The Bertz CT molecular complexity index is 876. The van der Waals surface area contributed by atoms with Gasteiger partial charge in [0.2, 0.25) is 17.7 Å². The molecule has 3 amide bonds. The number of carbonyl (C=O) groups is 6. The van der Waals surface area contributed by atoms with E-state index in [-0.39, 0.29) is 44.7 Å².